The average molecular weight is 236 g/mol. The molecular weight excluding hydrogens is 215 g/mol. The number of anilines is 1. The molecule has 2 N–H and O–H groups in total. The fourth-order valence-electron chi connectivity index (χ4n) is 2.47. The zero-order valence-electron chi connectivity index (χ0n) is 10.6. The topological polar surface area (TPSA) is 29.3 Å². The van der Waals surface area contributed by atoms with Crippen molar-refractivity contribution in [2.45, 2.75) is 32.7 Å². The Hall–Kier alpha value is -1.09. The Morgan fingerprint density at radius 2 is 2.24 bits per heavy atom. The predicted molar refractivity (Wildman–Crippen MR) is 69.6 cm³/mol. The molecule has 17 heavy (non-hydrogen) atoms. The predicted octanol–water partition coefficient (Wildman–Crippen LogP) is 3.08. The van der Waals surface area contributed by atoms with E-state index in [1.165, 1.54) is 6.42 Å². The molecule has 1 heterocycles. The van der Waals surface area contributed by atoms with E-state index in [4.69, 9.17) is 5.73 Å². The van der Waals surface area contributed by atoms with E-state index < -0.39 is 0 Å². The molecule has 2 rings (SSSR count). The Morgan fingerprint density at radius 3 is 2.82 bits per heavy atom. The molecule has 1 saturated heterocycles. The van der Waals surface area contributed by atoms with Crippen molar-refractivity contribution >= 4 is 5.69 Å². The molecule has 0 aromatic heterocycles. The Balaban J connectivity index is 2.21. The van der Waals surface area contributed by atoms with Gasteiger partial charge in [-0.25, -0.2) is 4.39 Å². The van der Waals surface area contributed by atoms with Crippen LogP contribution in [0.3, 0.4) is 0 Å². The molecule has 0 radical (unpaired) electrons. The van der Waals surface area contributed by atoms with Crippen molar-refractivity contribution in [1.82, 2.24) is 0 Å². The Bertz CT molecular complexity index is 390. The molecule has 1 fully saturated rings. The van der Waals surface area contributed by atoms with Crippen molar-refractivity contribution in [1.29, 1.82) is 0 Å². The molecule has 1 aliphatic rings. The van der Waals surface area contributed by atoms with Crippen LogP contribution < -0.4 is 10.6 Å². The summed E-state index contributed by atoms with van der Waals surface area (Å²) >= 11 is 0. The number of hydrogen-bond donors (Lipinski definition) is 1. The lowest BCUT2D eigenvalue weighted by molar-refractivity contribution is 0.442. The molecule has 0 aliphatic carbocycles. The summed E-state index contributed by atoms with van der Waals surface area (Å²) in [6, 6.07) is 5.26. The zero-order chi connectivity index (χ0) is 12.4. The molecule has 94 valence electrons. The van der Waals surface area contributed by atoms with Gasteiger partial charge in [0.1, 0.15) is 5.82 Å². The SMILES string of the molecule is C[C@H]1CCCN(c2ccc([C@@H](C)N)cc2F)C1. The quantitative estimate of drug-likeness (QED) is 0.855. The highest BCUT2D eigenvalue weighted by molar-refractivity contribution is 5.50. The number of benzene rings is 1. The average Bonchev–Trinajstić information content (AvgIpc) is 2.28. The second kappa shape index (κ2) is 5.05. The van der Waals surface area contributed by atoms with Gasteiger partial charge in [0.05, 0.1) is 5.69 Å². The lowest BCUT2D eigenvalue weighted by Crippen LogP contribution is -2.34. The molecule has 0 spiro atoms. The van der Waals surface area contributed by atoms with E-state index in [1.807, 2.05) is 19.1 Å². The molecule has 1 aromatic rings. The molecule has 0 saturated carbocycles. The van der Waals surface area contributed by atoms with Crippen molar-refractivity contribution in [3.63, 3.8) is 0 Å². The molecule has 2 nitrogen and oxygen atoms in total. The number of nitrogens with zero attached hydrogens (tertiary/aromatic N) is 1. The summed E-state index contributed by atoms with van der Waals surface area (Å²) in [5.74, 6) is 0.505. The standard InChI is InChI=1S/C14H21FN2/c1-10-4-3-7-17(9-10)14-6-5-12(11(2)16)8-13(14)15/h5-6,8,10-11H,3-4,7,9,16H2,1-2H3/t10-,11+/m0/s1. The second-order valence-corrected chi connectivity index (χ2v) is 5.19. The Morgan fingerprint density at radius 1 is 1.47 bits per heavy atom. The summed E-state index contributed by atoms with van der Waals surface area (Å²) in [5.41, 5.74) is 7.33. The van der Waals surface area contributed by atoms with Gasteiger partial charge >= 0.3 is 0 Å². The van der Waals surface area contributed by atoms with Gasteiger partial charge in [-0.2, -0.15) is 0 Å². The number of nitrogens with two attached hydrogens (primary N) is 1. The van der Waals surface area contributed by atoms with Gasteiger partial charge in [-0.1, -0.05) is 13.0 Å². The van der Waals surface area contributed by atoms with Gasteiger partial charge in [-0.05, 0) is 43.4 Å². The van der Waals surface area contributed by atoms with Crippen LogP contribution >= 0.6 is 0 Å². The molecule has 3 heteroatoms. The third-order valence-corrected chi connectivity index (χ3v) is 3.50. The maximum Gasteiger partial charge on any atom is 0.146 e. The van der Waals surface area contributed by atoms with Crippen molar-refractivity contribution in [3.05, 3.63) is 29.6 Å². The minimum absolute atomic E-state index is 0.112. The van der Waals surface area contributed by atoms with Crippen molar-refractivity contribution in [3.8, 4) is 0 Å². The third-order valence-electron chi connectivity index (χ3n) is 3.50. The summed E-state index contributed by atoms with van der Waals surface area (Å²) in [4.78, 5) is 2.15. The van der Waals surface area contributed by atoms with Gasteiger partial charge in [0, 0.05) is 19.1 Å². The van der Waals surface area contributed by atoms with Crippen LogP contribution in [0.1, 0.15) is 38.3 Å². The van der Waals surface area contributed by atoms with E-state index in [1.54, 1.807) is 6.07 Å². The van der Waals surface area contributed by atoms with Crippen molar-refractivity contribution < 1.29 is 4.39 Å². The van der Waals surface area contributed by atoms with E-state index in [9.17, 15) is 4.39 Å². The largest absolute Gasteiger partial charge is 0.369 e. The fraction of sp³-hybridized carbons (Fsp3) is 0.571. The van der Waals surface area contributed by atoms with Crippen LogP contribution in [-0.2, 0) is 0 Å². The minimum Gasteiger partial charge on any atom is -0.369 e. The minimum atomic E-state index is -0.145. The van der Waals surface area contributed by atoms with Crippen LogP contribution in [0.15, 0.2) is 18.2 Å². The second-order valence-electron chi connectivity index (χ2n) is 5.19. The van der Waals surface area contributed by atoms with Crippen LogP contribution in [0.5, 0.6) is 0 Å². The third kappa shape index (κ3) is 2.78. The van der Waals surface area contributed by atoms with Crippen molar-refractivity contribution in [2.24, 2.45) is 11.7 Å². The molecule has 0 bridgehead atoms. The van der Waals surface area contributed by atoms with E-state index in [0.717, 1.165) is 30.8 Å². The first-order chi connectivity index (χ1) is 8.08. The van der Waals surface area contributed by atoms with E-state index >= 15 is 0 Å². The number of piperidine rings is 1. The van der Waals surface area contributed by atoms with Gasteiger partial charge < -0.3 is 10.6 Å². The van der Waals surface area contributed by atoms with Gasteiger partial charge in [-0.15, -0.1) is 0 Å². The molecule has 1 aromatic carbocycles. The number of halogens is 1. The van der Waals surface area contributed by atoms with Crippen LogP contribution in [0.25, 0.3) is 0 Å². The van der Waals surface area contributed by atoms with Gasteiger partial charge in [0.15, 0.2) is 0 Å². The Kier molecular flexibility index (Phi) is 3.67. The van der Waals surface area contributed by atoms with Crippen LogP contribution in [0.2, 0.25) is 0 Å². The van der Waals surface area contributed by atoms with E-state index in [2.05, 4.69) is 11.8 Å². The monoisotopic (exact) mass is 236 g/mol. The molecule has 1 aliphatic heterocycles. The summed E-state index contributed by atoms with van der Waals surface area (Å²) in [7, 11) is 0. The van der Waals surface area contributed by atoms with E-state index in [0.29, 0.717) is 5.92 Å². The maximum absolute atomic E-state index is 14.0. The van der Waals surface area contributed by atoms with Crippen LogP contribution in [0, 0.1) is 11.7 Å². The molecule has 2 atom stereocenters. The first-order valence-electron chi connectivity index (χ1n) is 6.38. The first kappa shape index (κ1) is 12.4. The lowest BCUT2D eigenvalue weighted by Gasteiger charge is -2.33. The Labute approximate surface area is 103 Å². The van der Waals surface area contributed by atoms with Gasteiger partial charge in [-0.3, -0.25) is 0 Å². The number of rotatable bonds is 2. The number of hydrogen-bond acceptors (Lipinski definition) is 2. The normalized spacial score (nSPS) is 22.6. The van der Waals surface area contributed by atoms with E-state index in [-0.39, 0.29) is 11.9 Å². The summed E-state index contributed by atoms with van der Waals surface area (Å²) in [5, 5.41) is 0. The summed E-state index contributed by atoms with van der Waals surface area (Å²) < 4.78 is 14.0. The lowest BCUT2D eigenvalue weighted by atomic mass is 9.99. The molecular formula is C14H21FN2. The highest BCUT2D eigenvalue weighted by atomic mass is 19.1. The highest BCUT2D eigenvalue weighted by Gasteiger charge is 2.19. The van der Waals surface area contributed by atoms with Crippen molar-refractivity contribution in [2.75, 3.05) is 18.0 Å². The smallest absolute Gasteiger partial charge is 0.146 e. The zero-order valence-corrected chi connectivity index (χ0v) is 10.6. The van der Waals surface area contributed by atoms with Crippen LogP contribution in [0.4, 0.5) is 10.1 Å². The fourth-order valence-corrected chi connectivity index (χ4v) is 2.47. The summed E-state index contributed by atoms with van der Waals surface area (Å²) in [6.45, 7) is 6.00. The van der Waals surface area contributed by atoms with Gasteiger partial charge in [0.25, 0.3) is 0 Å². The molecule has 0 unspecified atom stereocenters. The summed E-state index contributed by atoms with van der Waals surface area (Å²) in [6.07, 6.45) is 2.39. The molecule has 0 amide bonds. The van der Waals surface area contributed by atoms with Crippen LogP contribution in [-0.4, -0.2) is 13.1 Å². The maximum atomic E-state index is 14.0. The first-order valence-corrected chi connectivity index (χ1v) is 6.38. The van der Waals surface area contributed by atoms with Gasteiger partial charge in [0.2, 0.25) is 0 Å². The highest BCUT2D eigenvalue weighted by Crippen LogP contribution is 2.27.